The van der Waals surface area contributed by atoms with Gasteiger partial charge in [-0.2, -0.15) is 0 Å². The number of nitrogens with zero attached hydrogens (tertiary/aromatic N) is 1. The van der Waals surface area contributed by atoms with Gasteiger partial charge in [0.2, 0.25) is 0 Å². The predicted molar refractivity (Wildman–Crippen MR) is 81.1 cm³/mol. The first-order valence-electron chi connectivity index (χ1n) is 7.33. The summed E-state index contributed by atoms with van der Waals surface area (Å²) in [6.07, 6.45) is 6.15. The van der Waals surface area contributed by atoms with Crippen LogP contribution in [0.15, 0.2) is 18.2 Å². The maximum atomic E-state index is 10.0. The quantitative estimate of drug-likeness (QED) is 0.898. The number of rotatable bonds is 2. The number of benzene rings is 1. The summed E-state index contributed by atoms with van der Waals surface area (Å²) in [6, 6.07) is 6.69. The summed E-state index contributed by atoms with van der Waals surface area (Å²) >= 11 is 0. The van der Waals surface area contributed by atoms with Crippen LogP contribution in [0.1, 0.15) is 37.3 Å². The lowest BCUT2D eigenvalue weighted by Crippen LogP contribution is -2.49. The number of fused-ring (bicyclic) bond motifs is 2. The second-order valence-corrected chi connectivity index (χ2v) is 5.83. The van der Waals surface area contributed by atoms with E-state index in [4.69, 9.17) is 0 Å². The zero-order valence-corrected chi connectivity index (χ0v) is 12.5. The Bertz CT molecular complexity index is 433. The van der Waals surface area contributed by atoms with E-state index >= 15 is 0 Å². The normalized spacial score (nSPS) is 26.2. The van der Waals surface area contributed by atoms with Crippen LogP contribution in [0.2, 0.25) is 0 Å². The number of aromatic hydroxyl groups is 1. The van der Waals surface area contributed by atoms with Crippen molar-refractivity contribution in [3.8, 4) is 5.75 Å². The zero-order valence-electron chi connectivity index (χ0n) is 11.6. The van der Waals surface area contributed by atoms with Crippen molar-refractivity contribution in [2.75, 3.05) is 13.1 Å². The van der Waals surface area contributed by atoms with Gasteiger partial charge in [0.05, 0.1) is 0 Å². The van der Waals surface area contributed by atoms with Crippen molar-refractivity contribution < 1.29 is 5.11 Å². The van der Waals surface area contributed by atoms with E-state index in [1.807, 2.05) is 12.1 Å². The van der Waals surface area contributed by atoms with Gasteiger partial charge < -0.3 is 5.11 Å². The van der Waals surface area contributed by atoms with Crippen molar-refractivity contribution in [2.45, 2.75) is 45.1 Å². The van der Waals surface area contributed by atoms with Gasteiger partial charge in [-0.05, 0) is 68.3 Å². The highest BCUT2D eigenvalue weighted by atomic mass is 35.5. The van der Waals surface area contributed by atoms with Crippen LogP contribution in [-0.4, -0.2) is 29.1 Å². The van der Waals surface area contributed by atoms with Crippen LogP contribution < -0.4 is 0 Å². The van der Waals surface area contributed by atoms with E-state index in [2.05, 4.69) is 17.9 Å². The van der Waals surface area contributed by atoms with Crippen molar-refractivity contribution in [1.29, 1.82) is 0 Å². The van der Waals surface area contributed by atoms with Crippen molar-refractivity contribution in [3.05, 3.63) is 29.3 Å². The van der Waals surface area contributed by atoms with Crippen LogP contribution in [0.4, 0.5) is 0 Å². The molecule has 1 fully saturated rings. The number of phenols is 1. The third-order valence-corrected chi connectivity index (χ3v) is 4.69. The monoisotopic (exact) mass is 281 g/mol. The molecule has 0 aromatic heterocycles. The number of piperidine rings is 1. The molecule has 1 heterocycles. The SMILES string of the molecule is CCCN1CCC[C@H]2Cc3cccc(O)c3C[C@@H]21.Cl. The second-order valence-electron chi connectivity index (χ2n) is 5.83. The van der Waals surface area contributed by atoms with Gasteiger partial charge in [-0.15, -0.1) is 12.4 Å². The molecule has 3 rings (SSSR count). The third-order valence-electron chi connectivity index (χ3n) is 4.69. The fraction of sp³-hybridized carbons (Fsp3) is 0.625. The Hall–Kier alpha value is -0.730. The molecule has 1 aromatic rings. The molecular weight excluding hydrogens is 258 g/mol. The van der Waals surface area contributed by atoms with Crippen molar-refractivity contribution >= 4 is 12.4 Å². The van der Waals surface area contributed by atoms with Crippen molar-refractivity contribution in [2.24, 2.45) is 5.92 Å². The second kappa shape index (κ2) is 6.15. The summed E-state index contributed by atoms with van der Waals surface area (Å²) in [5.41, 5.74) is 2.59. The van der Waals surface area contributed by atoms with E-state index < -0.39 is 0 Å². The molecule has 1 aliphatic carbocycles. The number of phenolic OH excluding ortho intramolecular Hbond substituents is 1. The van der Waals surface area contributed by atoms with Gasteiger partial charge in [-0.1, -0.05) is 19.1 Å². The maximum absolute atomic E-state index is 10.0. The highest BCUT2D eigenvalue weighted by Gasteiger charge is 2.35. The Labute approximate surface area is 122 Å². The number of hydrogen-bond donors (Lipinski definition) is 1. The van der Waals surface area contributed by atoms with Gasteiger partial charge in [-0.3, -0.25) is 4.90 Å². The van der Waals surface area contributed by atoms with Gasteiger partial charge in [0.15, 0.2) is 0 Å². The molecule has 1 saturated heterocycles. The average Bonchev–Trinajstić information content (AvgIpc) is 2.38. The summed E-state index contributed by atoms with van der Waals surface area (Å²) in [6.45, 7) is 4.72. The molecule has 106 valence electrons. The van der Waals surface area contributed by atoms with E-state index in [0.717, 1.165) is 18.8 Å². The van der Waals surface area contributed by atoms with E-state index in [-0.39, 0.29) is 12.4 Å². The summed E-state index contributed by atoms with van der Waals surface area (Å²) in [4.78, 5) is 2.66. The Morgan fingerprint density at radius 3 is 2.95 bits per heavy atom. The fourth-order valence-electron chi connectivity index (χ4n) is 3.85. The molecule has 0 spiro atoms. The number of hydrogen-bond acceptors (Lipinski definition) is 2. The molecule has 3 heteroatoms. The molecule has 1 aliphatic heterocycles. The Balaban J connectivity index is 0.00000133. The number of likely N-dealkylation sites (tertiary alicyclic amines) is 1. The predicted octanol–water partition coefficient (Wildman–Crippen LogP) is 3.40. The molecule has 0 unspecified atom stereocenters. The summed E-state index contributed by atoms with van der Waals surface area (Å²) in [7, 11) is 0. The van der Waals surface area contributed by atoms with Gasteiger partial charge in [0, 0.05) is 6.04 Å². The largest absolute Gasteiger partial charge is 0.508 e. The van der Waals surface area contributed by atoms with Crippen LogP contribution in [0.3, 0.4) is 0 Å². The van der Waals surface area contributed by atoms with E-state index in [9.17, 15) is 5.11 Å². The van der Waals surface area contributed by atoms with E-state index in [0.29, 0.717) is 11.8 Å². The van der Waals surface area contributed by atoms with Crippen molar-refractivity contribution in [3.63, 3.8) is 0 Å². The lowest BCUT2D eigenvalue weighted by atomic mass is 9.75. The molecule has 0 radical (unpaired) electrons. The van der Waals surface area contributed by atoms with Crippen LogP contribution in [-0.2, 0) is 12.8 Å². The number of halogens is 1. The molecule has 0 bridgehead atoms. The Morgan fingerprint density at radius 1 is 1.32 bits per heavy atom. The minimum Gasteiger partial charge on any atom is -0.508 e. The summed E-state index contributed by atoms with van der Waals surface area (Å²) < 4.78 is 0. The van der Waals surface area contributed by atoms with Crippen LogP contribution in [0.5, 0.6) is 5.75 Å². The maximum Gasteiger partial charge on any atom is 0.119 e. The van der Waals surface area contributed by atoms with Gasteiger partial charge in [-0.25, -0.2) is 0 Å². The molecule has 2 atom stereocenters. The van der Waals surface area contributed by atoms with Crippen LogP contribution in [0.25, 0.3) is 0 Å². The minimum atomic E-state index is 0. The molecule has 19 heavy (non-hydrogen) atoms. The smallest absolute Gasteiger partial charge is 0.119 e. The van der Waals surface area contributed by atoms with E-state index in [1.54, 1.807) is 0 Å². The third kappa shape index (κ3) is 2.75. The average molecular weight is 282 g/mol. The lowest BCUT2D eigenvalue weighted by Gasteiger charge is -2.44. The standard InChI is InChI=1S/C16H23NO.ClH/c1-2-8-17-9-4-6-13-10-12-5-3-7-16(18)14(12)11-15(13)17;/h3,5,7,13,15,18H,2,4,6,8-11H2,1H3;1H/t13-,15-;/m0./s1. The van der Waals surface area contributed by atoms with Gasteiger partial charge >= 0.3 is 0 Å². The minimum absolute atomic E-state index is 0. The first-order chi connectivity index (χ1) is 8.79. The first kappa shape index (κ1) is 14.7. The van der Waals surface area contributed by atoms with Gasteiger partial charge in [0.1, 0.15) is 5.75 Å². The Kier molecular flexibility index (Phi) is 4.75. The highest BCUT2D eigenvalue weighted by molar-refractivity contribution is 5.85. The molecule has 1 N–H and O–H groups in total. The topological polar surface area (TPSA) is 23.5 Å². The molecule has 2 nitrogen and oxygen atoms in total. The zero-order chi connectivity index (χ0) is 12.5. The van der Waals surface area contributed by atoms with E-state index in [1.165, 1.54) is 43.5 Å². The molecule has 2 aliphatic rings. The van der Waals surface area contributed by atoms with Crippen LogP contribution in [0, 0.1) is 5.92 Å². The first-order valence-corrected chi connectivity index (χ1v) is 7.33. The van der Waals surface area contributed by atoms with Crippen molar-refractivity contribution in [1.82, 2.24) is 4.90 Å². The Morgan fingerprint density at radius 2 is 2.16 bits per heavy atom. The molecule has 0 saturated carbocycles. The lowest BCUT2D eigenvalue weighted by molar-refractivity contribution is 0.0848. The summed E-state index contributed by atoms with van der Waals surface area (Å²) in [5, 5.41) is 10.0. The molecule has 0 amide bonds. The summed E-state index contributed by atoms with van der Waals surface area (Å²) in [5.74, 6) is 1.31. The molecular formula is C16H24ClNO. The fourth-order valence-corrected chi connectivity index (χ4v) is 3.85. The van der Waals surface area contributed by atoms with Gasteiger partial charge in [0.25, 0.3) is 0 Å². The molecule has 1 aromatic carbocycles. The highest BCUT2D eigenvalue weighted by Crippen LogP contribution is 2.38. The van der Waals surface area contributed by atoms with Crippen LogP contribution >= 0.6 is 12.4 Å².